The molecule has 3 fully saturated rings. The number of rotatable bonds is 8. The molecule has 1 aliphatic carbocycles. The van der Waals surface area contributed by atoms with E-state index in [1.165, 1.54) is 29.9 Å². The van der Waals surface area contributed by atoms with E-state index in [2.05, 4.69) is 29.9 Å². The fraction of sp³-hybridized carbons (Fsp3) is 0.636. The van der Waals surface area contributed by atoms with Gasteiger partial charge in [-0.2, -0.15) is 0 Å². The van der Waals surface area contributed by atoms with Crippen molar-refractivity contribution < 1.29 is 55.4 Å². The van der Waals surface area contributed by atoms with Crippen LogP contribution in [0.1, 0.15) is 66.7 Å². The highest BCUT2D eigenvalue weighted by molar-refractivity contribution is 8.55. The molecule has 0 radical (unpaired) electrons. The normalized spacial score (nSPS) is 30.7. The Morgan fingerprint density at radius 3 is 1.88 bits per heavy atom. The Morgan fingerprint density at radius 2 is 1.31 bits per heavy atom. The third kappa shape index (κ3) is 9.40. The second-order valence-corrected chi connectivity index (χ2v) is 24.0. The highest BCUT2D eigenvalue weighted by Crippen LogP contribution is 2.67. The highest BCUT2D eigenvalue weighted by atomic mass is 32.7. The van der Waals surface area contributed by atoms with Crippen molar-refractivity contribution in [2.24, 2.45) is 16.7 Å². The zero-order valence-electron chi connectivity index (χ0n) is 32.9. The molecule has 59 heavy (non-hydrogen) atoms. The number of ether oxygens (including phenoxy) is 3. The van der Waals surface area contributed by atoms with Crippen LogP contribution in [0.15, 0.2) is 25.3 Å². The fourth-order valence-corrected chi connectivity index (χ4v) is 12.2. The largest absolute Gasteiger partial charge is 0.454 e. The Labute approximate surface area is 345 Å². The lowest BCUT2D eigenvalue weighted by molar-refractivity contribution is -0.151. The van der Waals surface area contributed by atoms with E-state index in [4.69, 9.17) is 43.8 Å². The van der Waals surface area contributed by atoms with Crippen LogP contribution in [0.4, 0.5) is 16.0 Å². The first-order valence-corrected chi connectivity index (χ1v) is 24.7. The molecule has 4 aromatic heterocycles. The zero-order valence-corrected chi connectivity index (χ0v) is 36.3. The fourth-order valence-electron chi connectivity index (χ4n) is 6.54. The van der Waals surface area contributed by atoms with Crippen LogP contribution in [0.3, 0.4) is 0 Å². The topological polar surface area (TPSA) is 272 Å². The van der Waals surface area contributed by atoms with Gasteiger partial charge in [0.05, 0.1) is 42.7 Å². The van der Waals surface area contributed by atoms with Gasteiger partial charge in [0.1, 0.15) is 66.3 Å². The third-order valence-electron chi connectivity index (χ3n) is 9.70. The lowest BCUT2D eigenvalue weighted by Gasteiger charge is -2.31. The number of anilines is 2. The van der Waals surface area contributed by atoms with Crippen molar-refractivity contribution >= 4 is 82.3 Å². The maximum absolute atomic E-state index is 17.0. The van der Waals surface area contributed by atoms with Crippen LogP contribution in [0.2, 0.25) is 0 Å². The number of alkyl halides is 1. The number of hydrogen-bond acceptors (Lipinski definition) is 21. The summed E-state index contributed by atoms with van der Waals surface area (Å²) in [6, 6.07) is -1.01. The number of halogens is 1. The average Bonchev–Trinajstić information content (AvgIpc) is 3.95. The zero-order chi connectivity index (χ0) is 42.5. The first-order valence-electron chi connectivity index (χ1n) is 18.4. The molecule has 0 bridgehead atoms. The number of fused-ring (bicyclic) bond motifs is 4. The lowest BCUT2D eigenvalue weighted by Crippen LogP contribution is -2.33. The molecule has 4 aromatic rings. The van der Waals surface area contributed by atoms with Crippen LogP contribution in [0, 0.1) is 16.7 Å². The van der Waals surface area contributed by atoms with E-state index < -0.39 is 104 Å². The summed E-state index contributed by atoms with van der Waals surface area (Å²) in [5.74, 6) is -2.71. The van der Waals surface area contributed by atoms with Gasteiger partial charge in [-0.15, -0.1) is 0 Å². The van der Waals surface area contributed by atoms with Gasteiger partial charge < -0.3 is 34.8 Å². The number of carbonyl (C=O) groups excluding carboxylic acids is 2. The molecule has 26 heteroatoms. The summed E-state index contributed by atoms with van der Waals surface area (Å²) >= 11 is 1.18. The number of hydrogen-bond donors (Lipinski definition) is 2. The molecule has 6 heterocycles. The minimum absolute atomic E-state index is 0.00944. The monoisotopic (exact) mass is 902 g/mol. The van der Waals surface area contributed by atoms with Gasteiger partial charge in [0.25, 0.3) is 0 Å². The summed E-state index contributed by atoms with van der Waals surface area (Å²) in [6.45, 7) is 0.303. The maximum atomic E-state index is 17.0. The van der Waals surface area contributed by atoms with Crippen molar-refractivity contribution in [3.8, 4) is 0 Å². The molecule has 3 aliphatic rings. The molecule has 4 N–H and O–H groups in total. The van der Waals surface area contributed by atoms with Crippen molar-refractivity contribution in [1.82, 2.24) is 39.0 Å². The van der Waals surface area contributed by atoms with Gasteiger partial charge in [-0.05, 0) is 48.0 Å². The van der Waals surface area contributed by atoms with E-state index in [1.807, 2.05) is 0 Å². The minimum Gasteiger partial charge on any atom is -0.454 e. The lowest BCUT2D eigenvalue weighted by atomic mass is 9.98. The molecule has 0 amide bonds. The van der Waals surface area contributed by atoms with Crippen LogP contribution in [-0.4, -0.2) is 101 Å². The van der Waals surface area contributed by atoms with Crippen molar-refractivity contribution in [3.05, 3.63) is 25.3 Å². The predicted molar refractivity (Wildman–Crippen MR) is 213 cm³/mol. The summed E-state index contributed by atoms with van der Waals surface area (Å²) in [5.41, 5.74) is 11.4. The maximum Gasteiger partial charge on any atom is 0.392 e. The van der Waals surface area contributed by atoms with Gasteiger partial charge in [-0.1, -0.05) is 0 Å². The van der Waals surface area contributed by atoms with Crippen LogP contribution in [-0.2, 0) is 51.0 Å². The van der Waals surface area contributed by atoms with Crippen LogP contribution in [0.5, 0.6) is 0 Å². The summed E-state index contributed by atoms with van der Waals surface area (Å²) in [5, 5.41) is 0. The molecule has 0 spiro atoms. The SMILES string of the molecule is CC(C)(C)C(=O)OCSP1(=O)OC[C@H]2C[C@@H](n3cnc4c(N)ncnc43)C(F)[C@H]2OP(=O)(SCOC(=O)C(C)(C)C)OC[C@H]2O[C@@H](n3cnc4c(N)ncnc43)CC2O1. The Morgan fingerprint density at radius 1 is 0.780 bits per heavy atom. The van der Waals surface area contributed by atoms with Gasteiger partial charge in [-0.3, -0.25) is 27.7 Å². The Kier molecular flexibility index (Phi) is 12.4. The number of esters is 2. The van der Waals surface area contributed by atoms with Crippen molar-refractivity contribution in [1.29, 1.82) is 0 Å². The van der Waals surface area contributed by atoms with Gasteiger partial charge in [-0.25, -0.2) is 43.4 Å². The highest BCUT2D eigenvalue weighted by Gasteiger charge is 2.52. The summed E-state index contributed by atoms with van der Waals surface area (Å²) in [7, 11) is 0. The Balaban J connectivity index is 1.22. The molecule has 0 aromatic carbocycles. The molecular weight excluding hydrogens is 858 g/mol. The Hall–Kier alpha value is -3.47. The first-order chi connectivity index (χ1) is 27.8. The summed E-state index contributed by atoms with van der Waals surface area (Å²) < 4.78 is 91.4. The molecule has 322 valence electrons. The smallest absolute Gasteiger partial charge is 0.392 e. The van der Waals surface area contributed by atoms with Gasteiger partial charge in [0, 0.05) is 35.1 Å². The quantitative estimate of drug-likeness (QED) is 0.123. The van der Waals surface area contributed by atoms with Crippen molar-refractivity contribution in [3.63, 3.8) is 0 Å². The van der Waals surface area contributed by atoms with Crippen molar-refractivity contribution in [2.75, 3.05) is 36.6 Å². The molecule has 2 aliphatic heterocycles. The van der Waals surface area contributed by atoms with Crippen LogP contribution < -0.4 is 11.5 Å². The van der Waals surface area contributed by atoms with E-state index in [-0.39, 0.29) is 35.6 Å². The predicted octanol–water partition coefficient (Wildman–Crippen LogP) is 5.61. The van der Waals surface area contributed by atoms with E-state index >= 15 is 4.39 Å². The van der Waals surface area contributed by atoms with E-state index in [1.54, 1.807) is 46.1 Å². The molecule has 1 saturated carbocycles. The molecule has 4 unspecified atom stereocenters. The number of imidazole rings is 2. The molecule has 9 atom stereocenters. The Bertz CT molecular complexity index is 2310. The summed E-state index contributed by atoms with van der Waals surface area (Å²) in [6.07, 6.45) is -1.09. The number of nitrogens with zero attached hydrogens (tertiary/aromatic N) is 8. The van der Waals surface area contributed by atoms with E-state index in [9.17, 15) is 18.7 Å². The third-order valence-corrected chi connectivity index (χ3v) is 16.4. The standard InChI is InChI=1S/C33H45FN10O11P2S2/c1-32(2,3)30(45)49-15-58-56(47)51-9-17-7-18(43-13-41-23-26(35)37-11-39-28(23)43)22(34)25(17)55-57(48,59-16-50-31(46)33(4,5)6)52-10-20-19(54-56)8-21(53-20)44-14-42-24-27(36)38-12-40-29(24)44/h11-14,17-22,25H,7-10,15-16H2,1-6H3,(H2,35,37,39)(H2,36,38,40)/t17-,18-,19?,20-,21-,22?,25+,56?,57?/m1/s1. The molecular formula is C33H45FN10O11P2S2. The number of aromatic nitrogens is 8. The molecule has 7 rings (SSSR count). The molecule has 2 saturated heterocycles. The van der Waals surface area contributed by atoms with Gasteiger partial charge in [0.15, 0.2) is 22.9 Å². The summed E-state index contributed by atoms with van der Waals surface area (Å²) in [4.78, 5) is 50.4. The second kappa shape index (κ2) is 16.8. The number of carbonyl (C=O) groups is 2. The average molecular weight is 903 g/mol. The number of nitrogen functional groups attached to an aromatic ring is 2. The molecule has 21 nitrogen and oxygen atoms in total. The van der Waals surface area contributed by atoms with Crippen LogP contribution in [0.25, 0.3) is 22.3 Å². The van der Waals surface area contributed by atoms with Crippen LogP contribution >= 0.6 is 36.4 Å². The first kappa shape index (κ1) is 43.6. The minimum atomic E-state index is -4.44. The number of nitrogens with two attached hydrogens (primary N) is 2. The van der Waals surface area contributed by atoms with Gasteiger partial charge in [0.2, 0.25) is 0 Å². The van der Waals surface area contributed by atoms with Gasteiger partial charge >= 0.3 is 25.5 Å². The van der Waals surface area contributed by atoms with E-state index in [0.29, 0.717) is 33.9 Å². The van der Waals surface area contributed by atoms with Crippen molar-refractivity contribution in [2.45, 2.75) is 91.1 Å². The second-order valence-electron chi connectivity index (χ2n) is 16.1. The van der Waals surface area contributed by atoms with E-state index in [0.717, 1.165) is 0 Å².